The Morgan fingerprint density at radius 1 is 1.08 bits per heavy atom. The second kappa shape index (κ2) is 8.52. The van der Waals surface area contributed by atoms with E-state index in [-0.39, 0.29) is 12.1 Å². The zero-order valence-electron chi connectivity index (χ0n) is 13.7. The third kappa shape index (κ3) is 4.73. The molecule has 3 nitrogen and oxygen atoms in total. The maximum atomic E-state index is 10.6. The zero-order chi connectivity index (χ0) is 16.8. The van der Waals surface area contributed by atoms with Crippen molar-refractivity contribution >= 4 is 11.6 Å². The number of nitrogens with one attached hydrogen (secondary N) is 1. The number of aliphatic hydroxyl groups is 1. The summed E-state index contributed by atoms with van der Waals surface area (Å²) in [6, 6.07) is 17.8. The molecule has 4 heteroatoms. The van der Waals surface area contributed by atoms with Crippen molar-refractivity contribution in [3.8, 4) is 5.75 Å². The Morgan fingerprint density at radius 3 is 2.71 bits per heavy atom. The Balaban J connectivity index is 1.51. The van der Waals surface area contributed by atoms with Crippen molar-refractivity contribution in [3.63, 3.8) is 0 Å². The summed E-state index contributed by atoms with van der Waals surface area (Å²) in [5.41, 5.74) is 1.31. The van der Waals surface area contributed by atoms with Crippen molar-refractivity contribution in [1.82, 2.24) is 5.32 Å². The second-order valence-corrected chi connectivity index (χ2v) is 6.77. The normalized spacial score (nSPS) is 23.8. The molecule has 24 heavy (non-hydrogen) atoms. The maximum Gasteiger partial charge on any atom is 0.126 e. The number of rotatable bonds is 6. The first kappa shape index (κ1) is 17.3. The Bertz CT molecular complexity index is 635. The third-order valence-electron chi connectivity index (χ3n) is 4.54. The number of hydrogen-bond donors (Lipinski definition) is 2. The molecule has 1 aliphatic carbocycles. The molecular formula is C20H24ClNO2. The minimum atomic E-state index is -0.506. The van der Waals surface area contributed by atoms with Crippen LogP contribution in [0.4, 0.5) is 0 Å². The maximum absolute atomic E-state index is 10.6. The smallest absolute Gasteiger partial charge is 0.126 e. The first-order valence-corrected chi connectivity index (χ1v) is 8.98. The van der Waals surface area contributed by atoms with Gasteiger partial charge < -0.3 is 15.2 Å². The lowest BCUT2D eigenvalue weighted by Crippen LogP contribution is -2.51. The summed E-state index contributed by atoms with van der Waals surface area (Å²) in [6.45, 7) is 0.857. The van der Waals surface area contributed by atoms with Gasteiger partial charge in [-0.1, -0.05) is 48.0 Å². The molecule has 1 aliphatic rings. The summed E-state index contributed by atoms with van der Waals surface area (Å²) in [7, 11) is 0. The molecule has 0 radical (unpaired) electrons. The van der Waals surface area contributed by atoms with Gasteiger partial charge in [0.15, 0.2) is 0 Å². The quantitative estimate of drug-likeness (QED) is 0.836. The van der Waals surface area contributed by atoms with Gasteiger partial charge in [-0.3, -0.25) is 0 Å². The van der Waals surface area contributed by atoms with E-state index in [4.69, 9.17) is 16.3 Å². The molecule has 0 bridgehead atoms. The van der Waals surface area contributed by atoms with Crippen LogP contribution in [0.5, 0.6) is 5.75 Å². The van der Waals surface area contributed by atoms with Crippen LogP contribution < -0.4 is 10.1 Å². The molecule has 0 amide bonds. The SMILES string of the molecule is O[C@@H]1[C@@H](NCCc2ccccc2)CCC[C@H]1Oc1cccc(Cl)c1. The molecule has 1 saturated carbocycles. The van der Waals surface area contributed by atoms with Gasteiger partial charge in [0.1, 0.15) is 18.0 Å². The number of benzene rings is 2. The van der Waals surface area contributed by atoms with Crippen LogP contribution >= 0.6 is 11.6 Å². The van der Waals surface area contributed by atoms with E-state index in [1.807, 2.05) is 24.3 Å². The van der Waals surface area contributed by atoms with Gasteiger partial charge in [0, 0.05) is 11.1 Å². The monoisotopic (exact) mass is 345 g/mol. The summed E-state index contributed by atoms with van der Waals surface area (Å²) in [6.07, 6.45) is 3.16. The summed E-state index contributed by atoms with van der Waals surface area (Å²) < 4.78 is 5.97. The fourth-order valence-corrected chi connectivity index (χ4v) is 3.43. The summed E-state index contributed by atoms with van der Waals surface area (Å²) >= 11 is 6.00. The molecule has 0 saturated heterocycles. The first-order chi connectivity index (χ1) is 11.7. The van der Waals surface area contributed by atoms with E-state index in [9.17, 15) is 5.11 Å². The van der Waals surface area contributed by atoms with Crippen molar-refractivity contribution in [3.05, 3.63) is 65.2 Å². The lowest BCUT2D eigenvalue weighted by molar-refractivity contribution is -0.0151. The Labute approximate surface area is 148 Å². The molecule has 0 heterocycles. The largest absolute Gasteiger partial charge is 0.488 e. The predicted molar refractivity (Wildman–Crippen MR) is 97.7 cm³/mol. The van der Waals surface area contributed by atoms with Crippen molar-refractivity contribution in [2.75, 3.05) is 6.54 Å². The topological polar surface area (TPSA) is 41.5 Å². The number of halogens is 1. The van der Waals surface area contributed by atoms with Crippen LogP contribution in [0, 0.1) is 0 Å². The van der Waals surface area contributed by atoms with Gasteiger partial charge in [-0.05, 0) is 56.0 Å². The van der Waals surface area contributed by atoms with Gasteiger partial charge in [-0.2, -0.15) is 0 Å². The molecule has 0 aromatic heterocycles. The molecule has 0 unspecified atom stereocenters. The van der Waals surface area contributed by atoms with E-state index in [1.54, 1.807) is 6.07 Å². The standard InChI is InChI=1S/C20H24ClNO2/c21-16-8-4-9-17(14-16)24-19-11-5-10-18(20(19)23)22-13-12-15-6-2-1-3-7-15/h1-4,6-9,14,18-20,22-23H,5,10-13H2/t18-,19+,20+/m0/s1. The fourth-order valence-electron chi connectivity index (χ4n) is 3.25. The lowest BCUT2D eigenvalue weighted by Gasteiger charge is -2.35. The van der Waals surface area contributed by atoms with Crippen LogP contribution in [0.1, 0.15) is 24.8 Å². The zero-order valence-corrected chi connectivity index (χ0v) is 14.5. The van der Waals surface area contributed by atoms with Crippen molar-refractivity contribution < 1.29 is 9.84 Å². The van der Waals surface area contributed by atoms with Crippen LogP contribution in [0.2, 0.25) is 5.02 Å². The molecule has 2 aromatic carbocycles. The van der Waals surface area contributed by atoms with Gasteiger partial charge >= 0.3 is 0 Å². The summed E-state index contributed by atoms with van der Waals surface area (Å²) in [4.78, 5) is 0. The van der Waals surface area contributed by atoms with Gasteiger partial charge in [0.2, 0.25) is 0 Å². The number of ether oxygens (including phenoxy) is 1. The number of aliphatic hydroxyl groups excluding tert-OH is 1. The Hall–Kier alpha value is -1.55. The average Bonchev–Trinajstić information content (AvgIpc) is 2.59. The predicted octanol–water partition coefficient (Wildman–Crippen LogP) is 3.83. The highest BCUT2D eigenvalue weighted by molar-refractivity contribution is 6.30. The second-order valence-electron chi connectivity index (χ2n) is 6.33. The van der Waals surface area contributed by atoms with Gasteiger partial charge in [0.05, 0.1) is 0 Å². The minimum absolute atomic E-state index is 0.0756. The van der Waals surface area contributed by atoms with Crippen LogP contribution in [0.3, 0.4) is 0 Å². The number of hydrogen-bond acceptors (Lipinski definition) is 3. The van der Waals surface area contributed by atoms with E-state index in [2.05, 4.69) is 29.6 Å². The average molecular weight is 346 g/mol. The van der Waals surface area contributed by atoms with E-state index in [1.165, 1.54) is 5.56 Å². The molecular weight excluding hydrogens is 322 g/mol. The van der Waals surface area contributed by atoms with E-state index < -0.39 is 6.10 Å². The van der Waals surface area contributed by atoms with Crippen LogP contribution in [0.15, 0.2) is 54.6 Å². The molecule has 0 spiro atoms. The van der Waals surface area contributed by atoms with Crippen molar-refractivity contribution in [1.29, 1.82) is 0 Å². The van der Waals surface area contributed by atoms with Crippen LogP contribution in [-0.2, 0) is 6.42 Å². The lowest BCUT2D eigenvalue weighted by atomic mass is 9.89. The third-order valence-corrected chi connectivity index (χ3v) is 4.78. The minimum Gasteiger partial charge on any atom is -0.488 e. The molecule has 2 aromatic rings. The van der Waals surface area contributed by atoms with Gasteiger partial charge in [-0.25, -0.2) is 0 Å². The highest BCUT2D eigenvalue weighted by Crippen LogP contribution is 2.26. The van der Waals surface area contributed by atoms with E-state index in [0.717, 1.165) is 38.0 Å². The molecule has 3 rings (SSSR count). The molecule has 128 valence electrons. The molecule has 0 aliphatic heterocycles. The van der Waals surface area contributed by atoms with Crippen molar-refractivity contribution in [2.24, 2.45) is 0 Å². The highest BCUT2D eigenvalue weighted by atomic mass is 35.5. The summed E-state index contributed by atoms with van der Waals surface area (Å²) in [5.74, 6) is 0.719. The molecule has 1 fully saturated rings. The van der Waals surface area contributed by atoms with Crippen LogP contribution in [-0.4, -0.2) is 29.9 Å². The molecule has 3 atom stereocenters. The Morgan fingerprint density at radius 2 is 1.92 bits per heavy atom. The van der Waals surface area contributed by atoms with Crippen LogP contribution in [0.25, 0.3) is 0 Å². The van der Waals surface area contributed by atoms with Gasteiger partial charge in [0.25, 0.3) is 0 Å². The van der Waals surface area contributed by atoms with Crippen molar-refractivity contribution in [2.45, 2.75) is 43.9 Å². The highest BCUT2D eigenvalue weighted by Gasteiger charge is 2.32. The Kier molecular flexibility index (Phi) is 6.13. The fraction of sp³-hybridized carbons (Fsp3) is 0.400. The van der Waals surface area contributed by atoms with Gasteiger partial charge in [-0.15, -0.1) is 0 Å². The summed E-state index contributed by atoms with van der Waals surface area (Å²) in [5, 5.41) is 14.8. The van der Waals surface area contributed by atoms with E-state index >= 15 is 0 Å². The first-order valence-electron chi connectivity index (χ1n) is 8.60. The van der Waals surface area contributed by atoms with E-state index in [0.29, 0.717) is 5.02 Å². The molecule has 2 N–H and O–H groups in total.